The minimum absolute atomic E-state index is 0.340. The van der Waals surface area contributed by atoms with Crippen LogP contribution in [0.5, 0.6) is 5.75 Å². The fraction of sp³-hybridized carbons (Fsp3) is 0.273. The van der Waals surface area contributed by atoms with Crippen molar-refractivity contribution in [1.82, 2.24) is 5.32 Å². The normalized spacial score (nSPS) is 29.7. The van der Waals surface area contributed by atoms with Crippen LogP contribution in [0.15, 0.2) is 30.3 Å². The lowest BCUT2D eigenvalue weighted by atomic mass is 9.71. The van der Waals surface area contributed by atoms with E-state index >= 15 is 0 Å². The first-order valence-electron chi connectivity index (χ1n) is 4.59. The lowest BCUT2D eigenvalue weighted by Gasteiger charge is -2.46. The number of phenolic OH excluding ortho intramolecular Hbond substituents is 1. The first-order chi connectivity index (χ1) is 6.34. The van der Waals surface area contributed by atoms with Crippen LogP contribution in [0.1, 0.15) is 5.56 Å². The van der Waals surface area contributed by atoms with Gasteiger partial charge in [0.2, 0.25) is 0 Å². The molecule has 2 nitrogen and oxygen atoms in total. The molecule has 13 heavy (non-hydrogen) atoms. The summed E-state index contributed by atoms with van der Waals surface area (Å²) in [6, 6.07) is 8.08. The van der Waals surface area contributed by atoms with Gasteiger partial charge >= 0.3 is 0 Å². The molecule has 1 heterocycles. The van der Waals surface area contributed by atoms with Crippen molar-refractivity contribution in [3.63, 3.8) is 0 Å². The fourth-order valence-corrected chi connectivity index (χ4v) is 2.01. The van der Waals surface area contributed by atoms with Gasteiger partial charge in [-0.3, -0.25) is 0 Å². The summed E-state index contributed by atoms with van der Waals surface area (Å²) < 4.78 is 0. The van der Waals surface area contributed by atoms with Gasteiger partial charge in [-0.15, -0.1) is 0 Å². The standard InChI is InChI=1S/C11H11NO/c13-8-3-1-7(2-4-8)9-5-11-10(9)6-12-11/h1-5,10-13H,6H2. The van der Waals surface area contributed by atoms with E-state index in [9.17, 15) is 0 Å². The van der Waals surface area contributed by atoms with Gasteiger partial charge in [-0.25, -0.2) is 0 Å². The predicted molar refractivity (Wildman–Crippen MR) is 51.4 cm³/mol. The van der Waals surface area contributed by atoms with Crippen LogP contribution in [0.3, 0.4) is 0 Å². The molecule has 2 heteroatoms. The number of aromatic hydroxyl groups is 1. The van der Waals surface area contributed by atoms with Crippen LogP contribution in [0.2, 0.25) is 0 Å². The lowest BCUT2D eigenvalue weighted by Crippen LogP contribution is -2.57. The summed E-state index contributed by atoms with van der Waals surface area (Å²) >= 11 is 0. The second kappa shape index (κ2) is 2.36. The SMILES string of the molecule is Oc1ccc(C2=CC3NCC23)cc1. The lowest BCUT2D eigenvalue weighted by molar-refractivity contribution is 0.318. The smallest absolute Gasteiger partial charge is 0.115 e. The Balaban J connectivity index is 1.93. The molecule has 0 spiro atoms. The number of nitrogens with one attached hydrogen (secondary N) is 1. The van der Waals surface area contributed by atoms with E-state index in [0.29, 0.717) is 11.8 Å². The molecule has 1 aliphatic carbocycles. The molecule has 1 aromatic rings. The first kappa shape index (κ1) is 7.15. The Morgan fingerprint density at radius 3 is 2.46 bits per heavy atom. The van der Waals surface area contributed by atoms with E-state index in [4.69, 9.17) is 5.11 Å². The molecule has 1 saturated heterocycles. The van der Waals surface area contributed by atoms with Crippen molar-refractivity contribution in [1.29, 1.82) is 0 Å². The molecule has 2 atom stereocenters. The van der Waals surface area contributed by atoms with E-state index in [0.717, 1.165) is 12.5 Å². The zero-order chi connectivity index (χ0) is 8.84. The Kier molecular flexibility index (Phi) is 1.30. The zero-order valence-electron chi connectivity index (χ0n) is 7.20. The van der Waals surface area contributed by atoms with Gasteiger partial charge in [0.25, 0.3) is 0 Å². The topological polar surface area (TPSA) is 32.3 Å². The summed E-state index contributed by atoms with van der Waals surface area (Å²) in [6.07, 6.45) is 2.26. The van der Waals surface area contributed by atoms with Gasteiger partial charge < -0.3 is 10.4 Å². The fourth-order valence-electron chi connectivity index (χ4n) is 2.01. The third-order valence-electron chi connectivity index (χ3n) is 2.97. The first-order valence-corrected chi connectivity index (χ1v) is 4.59. The second-order valence-corrected chi connectivity index (χ2v) is 3.71. The van der Waals surface area contributed by atoms with Crippen LogP contribution in [-0.2, 0) is 0 Å². The van der Waals surface area contributed by atoms with Crippen molar-refractivity contribution < 1.29 is 5.11 Å². The van der Waals surface area contributed by atoms with Gasteiger partial charge in [0, 0.05) is 18.5 Å². The summed E-state index contributed by atoms with van der Waals surface area (Å²) in [7, 11) is 0. The molecule has 3 rings (SSSR count). The maximum Gasteiger partial charge on any atom is 0.115 e. The van der Waals surface area contributed by atoms with Crippen molar-refractivity contribution >= 4 is 5.57 Å². The number of fused-ring (bicyclic) bond motifs is 1. The average Bonchev–Trinajstić information content (AvgIpc) is 2.12. The molecule has 1 fully saturated rings. The van der Waals surface area contributed by atoms with E-state index < -0.39 is 0 Å². The van der Waals surface area contributed by atoms with Gasteiger partial charge in [0.05, 0.1) is 0 Å². The largest absolute Gasteiger partial charge is 0.508 e. The number of hydrogen-bond acceptors (Lipinski definition) is 2. The monoisotopic (exact) mass is 173 g/mol. The molecule has 1 aliphatic heterocycles. The Hall–Kier alpha value is -1.28. The Morgan fingerprint density at radius 2 is 2.00 bits per heavy atom. The molecule has 66 valence electrons. The number of rotatable bonds is 1. The zero-order valence-corrected chi connectivity index (χ0v) is 7.20. The van der Waals surface area contributed by atoms with Crippen LogP contribution < -0.4 is 5.32 Å². The number of benzene rings is 1. The highest BCUT2D eigenvalue weighted by atomic mass is 16.3. The van der Waals surface area contributed by atoms with E-state index in [2.05, 4.69) is 11.4 Å². The molecule has 0 aromatic heterocycles. The number of phenols is 1. The van der Waals surface area contributed by atoms with Gasteiger partial charge in [-0.05, 0) is 23.3 Å². The maximum absolute atomic E-state index is 9.13. The highest BCUT2D eigenvalue weighted by molar-refractivity contribution is 5.76. The molecule has 2 unspecified atom stereocenters. The van der Waals surface area contributed by atoms with Crippen molar-refractivity contribution in [3.8, 4) is 5.75 Å². The Labute approximate surface area is 76.9 Å². The minimum Gasteiger partial charge on any atom is -0.508 e. The third kappa shape index (κ3) is 0.923. The average molecular weight is 173 g/mol. The molecule has 0 saturated carbocycles. The Morgan fingerprint density at radius 1 is 1.23 bits per heavy atom. The van der Waals surface area contributed by atoms with Gasteiger partial charge in [0.1, 0.15) is 5.75 Å². The van der Waals surface area contributed by atoms with Gasteiger partial charge in [-0.1, -0.05) is 18.2 Å². The summed E-state index contributed by atoms with van der Waals surface area (Å²) in [6.45, 7) is 1.11. The summed E-state index contributed by atoms with van der Waals surface area (Å²) in [5.74, 6) is 1.07. The number of hydrogen-bond donors (Lipinski definition) is 2. The molecule has 2 N–H and O–H groups in total. The molecule has 0 radical (unpaired) electrons. The summed E-state index contributed by atoms with van der Waals surface area (Å²) in [4.78, 5) is 0. The Bertz CT molecular complexity index is 366. The summed E-state index contributed by atoms with van der Waals surface area (Å²) in [5, 5.41) is 12.5. The van der Waals surface area contributed by atoms with Crippen LogP contribution in [0, 0.1) is 5.92 Å². The highest BCUT2D eigenvalue weighted by Gasteiger charge is 2.39. The van der Waals surface area contributed by atoms with E-state index in [-0.39, 0.29) is 0 Å². The molecular formula is C11H11NO. The maximum atomic E-state index is 9.13. The minimum atomic E-state index is 0.340. The van der Waals surface area contributed by atoms with E-state index in [1.54, 1.807) is 12.1 Å². The van der Waals surface area contributed by atoms with E-state index in [1.807, 2.05) is 12.1 Å². The molecular weight excluding hydrogens is 162 g/mol. The molecule has 0 bridgehead atoms. The van der Waals surface area contributed by atoms with Crippen LogP contribution in [-0.4, -0.2) is 17.7 Å². The highest BCUT2D eigenvalue weighted by Crippen LogP contribution is 2.40. The molecule has 0 amide bonds. The quantitative estimate of drug-likeness (QED) is 0.672. The third-order valence-corrected chi connectivity index (χ3v) is 2.97. The van der Waals surface area contributed by atoms with Gasteiger partial charge in [-0.2, -0.15) is 0 Å². The van der Waals surface area contributed by atoms with Crippen LogP contribution >= 0.6 is 0 Å². The second-order valence-electron chi connectivity index (χ2n) is 3.71. The van der Waals surface area contributed by atoms with Crippen LogP contribution in [0.4, 0.5) is 0 Å². The molecule has 1 aromatic carbocycles. The van der Waals surface area contributed by atoms with Crippen molar-refractivity contribution in [3.05, 3.63) is 35.9 Å². The molecule has 2 aliphatic rings. The van der Waals surface area contributed by atoms with Crippen molar-refractivity contribution in [2.24, 2.45) is 5.92 Å². The van der Waals surface area contributed by atoms with Crippen molar-refractivity contribution in [2.45, 2.75) is 6.04 Å². The van der Waals surface area contributed by atoms with E-state index in [1.165, 1.54) is 11.1 Å². The van der Waals surface area contributed by atoms with Crippen LogP contribution in [0.25, 0.3) is 5.57 Å². The summed E-state index contributed by atoms with van der Waals surface area (Å²) in [5.41, 5.74) is 2.68. The predicted octanol–water partition coefficient (Wildman–Crippen LogP) is 1.38. The van der Waals surface area contributed by atoms with Gasteiger partial charge in [0.15, 0.2) is 0 Å². The van der Waals surface area contributed by atoms with Crippen molar-refractivity contribution in [2.75, 3.05) is 6.54 Å².